The molecule has 0 aliphatic carbocycles. The number of nitrogens with zero attached hydrogens (tertiary/aromatic N) is 1. The van der Waals surface area contributed by atoms with E-state index in [0.717, 1.165) is 11.1 Å². The number of hydrogen-bond acceptors (Lipinski definition) is 5. The van der Waals surface area contributed by atoms with Crippen molar-refractivity contribution in [3.8, 4) is 11.5 Å². The van der Waals surface area contributed by atoms with Gasteiger partial charge in [-0.05, 0) is 72.1 Å². The van der Waals surface area contributed by atoms with E-state index in [9.17, 15) is 9.59 Å². The van der Waals surface area contributed by atoms with Crippen molar-refractivity contribution in [3.05, 3.63) is 87.4 Å². The van der Waals surface area contributed by atoms with Gasteiger partial charge in [0.15, 0.2) is 11.5 Å². The van der Waals surface area contributed by atoms with Crippen molar-refractivity contribution in [1.29, 1.82) is 0 Å². The standard InChI is InChI=1S/C28H30BrN3O4/c1-4-35-25-16-22(15-24(29)28(25)36-18-21-9-5-19(2)6-10-21)17-30-32-27(34)14-13-26(33)31-23-11-7-20(3)8-12-23/h5-12,15-17H,4,13-14,18H2,1-3H3,(H,31,33)(H,32,34). The minimum Gasteiger partial charge on any atom is -0.490 e. The zero-order chi connectivity index (χ0) is 25.9. The van der Waals surface area contributed by atoms with Crippen molar-refractivity contribution < 1.29 is 19.1 Å². The molecule has 2 N–H and O–H groups in total. The van der Waals surface area contributed by atoms with Gasteiger partial charge in [0, 0.05) is 18.5 Å². The third-order valence-corrected chi connectivity index (χ3v) is 5.74. The SMILES string of the molecule is CCOc1cc(C=NNC(=O)CCC(=O)Nc2ccc(C)cc2)cc(Br)c1OCc1ccc(C)cc1. The van der Waals surface area contributed by atoms with Crippen molar-refractivity contribution in [1.82, 2.24) is 5.43 Å². The van der Waals surface area contributed by atoms with E-state index in [4.69, 9.17) is 9.47 Å². The van der Waals surface area contributed by atoms with E-state index in [0.29, 0.717) is 40.4 Å². The van der Waals surface area contributed by atoms with Crippen LogP contribution >= 0.6 is 15.9 Å². The van der Waals surface area contributed by atoms with Gasteiger partial charge >= 0.3 is 0 Å². The molecule has 0 aliphatic heterocycles. The molecule has 8 heteroatoms. The summed E-state index contributed by atoms with van der Waals surface area (Å²) in [4.78, 5) is 24.2. The highest BCUT2D eigenvalue weighted by Crippen LogP contribution is 2.37. The Hall–Kier alpha value is -3.65. The summed E-state index contributed by atoms with van der Waals surface area (Å²) in [7, 11) is 0. The van der Waals surface area contributed by atoms with Gasteiger partial charge in [-0.15, -0.1) is 0 Å². The van der Waals surface area contributed by atoms with Crippen LogP contribution in [0.4, 0.5) is 5.69 Å². The fourth-order valence-electron chi connectivity index (χ4n) is 3.23. The second kappa shape index (κ2) is 13.4. The number of hydrogen-bond donors (Lipinski definition) is 2. The third-order valence-electron chi connectivity index (χ3n) is 5.15. The Morgan fingerprint density at radius 3 is 2.22 bits per heavy atom. The summed E-state index contributed by atoms with van der Waals surface area (Å²) in [5.74, 6) is 0.578. The molecule has 7 nitrogen and oxygen atoms in total. The average Bonchev–Trinajstić information content (AvgIpc) is 2.85. The van der Waals surface area contributed by atoms with Crippen LogP contribution in [0.5, 0.6) is 11.5 Å². The van der Waals surface area contributed by atoms with Crippen LogP contribution in [0.25, 0.3) is 0 Å². The van der Waals surface area contributed by atoms with Crippen molar-refractivity contribution in [2.75, 3.05) is 11.9 Å². The minimum atomic E-state index is -0.354. The van der Waals surface area contributed by atoms with Crippen molar-refractivity contribution in [2.45, 2.75) is 40.2 Å². The Balaban J connectivity index is 1.53. The number of carbonyl (C=O) groups is 2. The second-order valence-corrected chi connectivity index (χ2v) is 9.10. The van der Waals surface area contributed by atoms with Crippen molar-refractivity contribution in [3.63, 3.8) is 0 Å². The van der Waals surface area contributed by atoms with E-state index in [1.54, 1.807) is 6.07 Å². The van der Waals surface area contributed by atoms with E-state index in [1.807, 2.05) is 75.4 Å². The van der Waals surface area contributed by atoms with E-state index in [2.05, 4.69) is 31.8 Å². The number of carbonyl (C=O) groups excluding carboxylic acids is 2. The highest BCUT2D eigenvalue weighted by Gasteiger charge is 2.13. The lowest BCUT2D eigenvalue weighted by Crippen LogP contribution is -2.20. The normalized spacial score (nSPS) is 10.8. The zero-order valence-electron chi connectivity index (χ0n) is 20.6. The minimum absolute atomic E-state index is 0.0225. The maximum absolute atomic E-state index is 12.1. The van der Waals surface area contributed by atoms with Crippen LogP contribution < -0.4 is 20.2 Å². The number of amides is 2. The highest BCUT2D eigenvalue weighted by atomic mass is 79.9. The predicted molar refractivity (Wildman–Crippen MR) is 146 cm³/mol. The quantitative estimate of drug-likeness (QED) is 0.229. The summed E-state index contributed by atoms with van der Waals surface area (Å²) < 4.78 is 12.5. The molecule has 0 atom stereocenters. The first-order valence-electron chi connectivity index (χ1n) is 11.7. The number of benzene rings is 3. The Bertz CT molecular complexity index is 1210. The lowest BCUT2D eigenvalue weighted by atomic mass is 10.1. The van der Waals surface area contributed by atoms with Gasteiger partial charge in [0.2, 0.25) is 11.8 Å². The molecule has 36 heavy (non-hydrogen) atoms. The molecular formula is C28H30BrN3O4. The monoisotopic (exact) mass is 551 g/mol. The van der Waals surface area contributed by atoms with Crippen LogP contribution in [0.2, 0.25) is 0 Å². The van der Waals surface area contributed by atoms with Gasteiger partial charge in [-0.25, -0.2) is 5.43 Å². The van der Waals surface area contributed by atoms with Gasteiger partial charge in [-0.2, -0.15) is 5.10 Å². The smallest absolute Gasteiger partial charge is 0.240 e. The number of ether oxygens (including phenoxy) is 2. The molecule has 0 aromatic heterocycles. The molecule has 0 radical (unpaired) electrons. The first-order valence-corrected chi connectivity index (χ1v) is 12.5. The molecule has 0 saturated heterocycles. The molecule has 3 rings (SSSR count). The molecule has 0 heterocycles. The molecule has 0 spiro atoms. The molecular weight excluding hydrogens is 522 g/mol. The Morgan fingerprint density at radius 1 is 0.917 bits per heavy atom. The van der Waals surface area contributed by atoms with Gasteiger partial charge in [0.1, 0.15) is 6.61 Å². The molecule has 0 aliphatic rings. The summed E-state index contributed by atoms with van der Waals surface area (Å²) in [5, 5.41) is 6.78. The van der Waals surface area contributed by atoms with Gasteiger partial charge in [0.05, 0.1) is 17.3 Å². The lowest BCUT2D eigenvalue weighted by Gasteiger charge is -2.15. The highest BCUT2D eigenvalue weighted by molar-refractivity contribution is 9.10. The lowest BCUT2D eigenvalue weighted by molar-refractivity contribution is -0.124. The Morgan fingerprint density at radius 2 is 1.56 bits per heavy atom. The zero-order valence-corrected chi connectivity index (χ0v) is 22.2. The van der Waals surface area contributed by atoms with Crippen molar-refractivity contribution >= 4 is 39.6 Å². The summed E-state index contributed by atoms with van der Waals surface area (Å²) >= 11 is 3.55. The number of aryl methyl sites for hydroxylation is 2. The van der Waals surface area contributed by atoms with Crippen LogP contribution in [0.1, 0.15) is 42.0 Å². The van der Waals surface area contributed by atoms with Gasteiger partial charge in [-0.1, -0.05) is 47.5 Å². The summed E-state index contributed by atoms with van der Waals surface area (Å²) in [6.07, 6.45) is 1.60. The molecule has 3 aromatic carbocycles. The van der Waals surface area contributed by atoms with E-state index >= 15 is 0 Å². The largest absolute Gasteiger partial charge is 0.490 e. The third kappa shape index (κ3) is 8.53. The van der Waals surface area contributed by atoms with Crippen LogP contribution in [-0.2, 0) is 16.2 Å². The predicted octanol–water partition coefficient (Wildman–Crippen LogP) is 5.91. The molecule has 2 amide bonds. The fourth-order valence-corrected chi connectivity index (χ4v) is 3.80. The van der Waals surface area contributed by atoms with Gasteiger partial charge in [-0.3, -0.25) is 9.59 Å². The molecule has 3 aromatic rings. The van der Waals surface area contributed by atoms with Crippen LogP contribution in [0.3, 0.4) is 0 Å². The average molecular weight is 552 g/mol. The van der Waals surface area contributed by atoms with E-state index < -0.39 is 0 Å². The topological polar surface area (TPSA) is 89.0 Å². The molecule has 0 bridgehead atoms. The maximum Gasteiger partial charge on any atom is 0.240 e. The maximum atomic E-state index is 12.1. The van der Waals surface area contributed by atoms with Crippen LogP contribution in [0.15, 0.2) is 70.2 Å². The summed E-state index contributed by atoms with van der Waals surface area (Å²) in [5.41, 5.74) is 7.22. The second-order valence-electron chi connectivity index (χ2n) is 8.24. The number of halogens is 1. The summed E-state index contributed by atoms with van der Waals surface area (Å²) in [6.45, 7) is 6.78. The van der Waals surface area contributed by atoms with Crippen molar-refractivity contribution in [2.24, 2.45) is 5.10 Å². The van der Waals surface area contributed by atoms with Crippen LogP contribution in [-0.4, -0.2) is 24.6 Å². The van der Waals surface area contributed by atoms with Crippen LogP contribution in [0, 0.1) is 13.8 Å². The molecule has 0 saturated carbocycles. The number of nitrogens with one attached hydrogen (secondary N) is 2. The summed E-state index contributed by atoms with van der Waals surface area (Å²) in [6, 6.07) is 19.2. The number of rotatable bonds is 11. The Labute approximate surface area is 220 Å². The first-order chi connectivity index (χ1) is 17.3. The molecule has 0 fully saturated rings. The van der Waals surface area contributed by atoms with Gasteiger partial charge < -0.3 is 14.8 Å². The molecule has 0 unspecified atom stereocenters. The Kier molecular flexibility index (Phi) is 10.1. The van der Waals surface area contributed by atoms with E-state index in [-0.39, 0.29) is 24.7 Å². The first kappa shape index (κ1) is 26.9. The number of anilines is 1. The molecule has 188 valence electrons. The van der Waals surface area contributed by atoms with Gasteiger partial charge in [0.25, 0.3) is 0 Å². The van der Waals surface area contributed by atoms with E-state index in [1.165, 1.54) is 11.8 Å². The number of hydrazone groups is 1. The fraction of sp³-hybridized carbons (Fsp3) is 0.250.